The summed E-state index contributed by atoms with van der Waals surface area (Å²) in [6, 6.07) is 8.92. The third-order valence-corrected chi connectivity index (χ3v) is 3.25. The van der Waals surface area contributed by atoms with E-state index in [9.17, 15) is 4.79 Å². The topological polar surface area (TPSA) is 51.2 Å². The minimum atomic E-state index is -0.165. The predicted molar refractivity (Wildman–Crippen MR) is 79.3 cm³/mol. The fraction of sp³-hybridized carbons (Fsp3) is 0.200. The minimum Gasteiger partial charge on any atom is -0.496 e. The van der Waals surface area contributed by atoms with E-state index in [0.29, 0.717) is 16.6 Å². The number of pyridine rings is 1. The van der Waals surface area contributed by atoms with Gasteiger partial charge in [-0.05, 0) is 36.8 Å². The van der Waals surface area contributed by atoms with Crippen molar-refractivity contribution in [3.63, 3.8) is 0 Å². The van der Waals surface area contributed by atoms with Gasteiger partial charge in [0.05, 0.1) is 13.5 Å². The number of rotatable bonds is 4. The summed E-state index contributed by atoms with van der Waals surface area (Å²) >= 11 is 6.09. The number of carbonyl (C=O) groups excluding carboxylic acids is 1. The summed E-state index contributed by atoms with van der Waals surface area (Å²) in [5, 5.41) is 3.34. The van der Waals surface area contributed by atoms with Crippen molar-refractivity contribution < 1.29 is 9.53 Å². The van der Waals surface area contributed by atoms with Crippen LogP contribution in [0.4, 0.5) is 5.82 Å². The molecule has 0 unspecified atom stereocenters. The van der Waals surface area contributed by atoms with Gasteiger partial charge in [-0.1, -0.05) is 17.7 Å². The molecule has 2 rings (SSSR count). The molecule has 0 saturated carbocycles. The number of halogens is 1. The van der Waals surface area contributed by atoms with Gasteiger partial charge in [-0.15, -0.1) is 0 Å². The van der Waals surface area contributed by atoms with Crippen molar-refractivity contribution in [3.8, 4) is 5.75 Å². The third kappa shape index (κ3) is 3.48. The first-order chi connectivity index (χ1) is 9.60. The molecule has 1 N–H and O–H groups in total. The van der Waals surface area contributed by atoms with E-state index >= 15 is 0 Å². The maximum Gasteiger partial charge on any atom is 0.230 e. The van der Waals surface area contributed by atoms with Crippen LogP contribution in [0, 0.1) is 6.92 Å². The average Bonchev–Trinajstić information content (AvgIpc) is 2.43. The van der Waals surface area contributed by atoms with E-state index in [2.05, 4.69) is 10.3 Å². The quantitative estimate of drug-likeness (QED) is 0.940. The highest BCUT2D eigenvalue weighted by atomic mass is 35.5. The highest BCUT2D eigenvalue weighted by molar-refractivity contribution is 6.31. The molecule has 1 aromatic carbocycles. The second-order valence-corrected chi connectivity index (χ2v) is 4.76. The summed E-state index contributed by atoms with van der Waals surface area (Å²) in [6.07, 6.45) is 1.80. The molecule has 1 aromatic heterocycles. The Balaban J connectivity index is 2.13. The summed E-state index contributed by atoms with van der Waals surface area (Å²) in [5.74, 6) is 1.01. The van der Waals surface area contributed by atoms with Crippen LogP contribution in [0.5, 0.6) is 5.75 Å². The molecule has 0 radical (unpaired) electrons. The van der Waals surface area contributed by atoms with Crippen LogP contribution in [0.2, 0.25) is 5.02 Å². The van der Waals surface area contributed by atoms with E-state index in [0.717, 1.165) is 11.1 Å². The van der Waals surface area contributed by atoms with Crippen molar-refractivity contribution >= 4 is 23.3 Å². The molecule has 104 valence electrons. The molecule has 0 spiro atoms. The van der Waals surface area contributed by atoms with Crippen LogP contribution in [0.15, 0.2) is 36.5 Å². The second-order valence-electron chi connectivity index (χ2n) is 4.35. The van der Waals surface area contributed by atoms with E-state index in [4.69, 9.17) is 16.3 Å². The largest absolute Gasteiger partial charge is 0.496 e. The van der Waals surface area contributed by atoms with E-state index in [-0.39, 0.29) is 12.3 Å². The lowest BCUT2D eigenvalue weighted by atomic mass is 10.1. The van der Waals surface area contributed by atoms with Crippen molar-refractivity contribution in [1.29, 1.82) is 0 Å². The number of aromatic nitrogens is 1. The zero-order chi connectivity index (χ0) is 14.5. The van der Waals surface area contributed by atoms with Crippen LogP contribution in [0.1, 0.15) is 11.1 Å². The van der Waals surface area contributed by atoms with Crippen molar-refractivity contribution in [3.05, 3.63) is 52.7 Å². The fourth-order valence-electron chi connectivity index (χ4n) is 1.82. The SMILES string of the molecule is COc1cc(C)c(Cl)cc1CC(=O)Nc1ccccn1. The molecule has 20 heavy (non-hydrogen) atoms. The summed E-state index contributed by atoms with van der Waals surface area (Å²) in [6.45, 7) is 1.89. The Morgan fingerprint density at radius 1 is 1.40 bits per heavy atom. The third-order valence-electron chi connectivity index (χ3n) is 2.85. The van der Waals surface area contributed by atoms with Gasteiger partial charge < -0.3 is 10.1 Å². The number of amides is 1. The monoisotopic (exact) mass is 290 g/mol. The molecule has 1 heterocycles. The van der Waals surface area contributed by atoms with Crippen LogP contribution in [0.3, 0.4) is 0 Å². The van der Waals surface area contributed by atoms with E-state index in [1.54, 1.807) is 31.5 Å². The van der Waals surface area contributed by atoms with E-state index in [1.165, 1.54) is 0 Å². The molecule has 5 heteroatoms. The maximum absolute atomic E-state index is 12.0. The van der Waals surface area contributed by atoms with Gasteiger partial charge in [-0.25, -0.2) is 4.98 Å². The number of methoxy groups -OCH3 is 1. The van der Waals surface area contributed by atoms with Gasteiger partial charge in [0.1, 0.15) is 11.6 Å². The molecule has 0 bridgehead atoms. The van der Waals surface area contributed by atoms with Crippen molar-refractivity contribution in [2.24, 2.45) is 0 Å². The maximum atomic E-state index is 12.0. The number of hydrogen-bond acceptors (Lipinski definition) is 3. The summed E-state index contributed by atoms with van der Waals surface area (Å²) in [4.78, 5) is 16.0. The Morgan fingerprint density at radius 2 is 2.20 bits per heavy atom. The van der Waals surface area contributed by atoms with Gasteiger partial charge in [-0.2, -0.15) is 0 Å². The van der Waals surface area contributed by atoms with Crippen molar-refractivity contribution in [1.82, 2.24) is 4.98 Å². The van der Waals surface area contributed by atoms with Gasteiger partial charge in [0, 0.05) is 16.8 Å². The predicted octanol–water partition coefficient (Wildman–Crippen LogP) is 3.23. The molecule has 0 aliphatic heterocycles. The lowest BCUT2D eigenvalue weighted by molar-refractivity contribution is -0.115. The van der Waals surface area contributed by atoms with E-state index in [1.807, 2.05) is 19.1 Å². The number of anilines is 1. The lowest BCUT2D eigenvalue weighted by Crippen LogP contribution is -2.15. The van der Waals surface area contributed by atoms with Crippen LogP contribution in [0.25, 0.3) is 0 Å². The fourth-order valence-corrected chi connectivity index (χ4v) is 2.01. The van der Waals surface area contributed by atoms with Gasteiger partial charge in [0.2, 0.25) is 5.91 Å². The molecule has 0 saturated heterocycles. The number of aryl methyl sites for hydroxylation is 1. The van der Waals surface area contributed by atoms with Crippen LogP contribution in [-0.4, -0.2) is 18.0 Å². The normalized spacial score (nSPS) is 10.2. The molecule has 0 aliphatic carbocycles. The number of benzene rings is 1. The van der Waals surface area contributed by atoms with Gasteiger partial charge in [0.15, 0.2) is 0 Å². The Bertz CT molecular complexity index is 615. The highest BCUT2D eigenvalue weighted by Crippen LogP contribution is 2.27. The van der Waals surface area contributed by atoms with Crippen LogP contribution < -0.4 is 10.1 Å². The lowest BCUT2D eigenvalue weighted by Gasteiger charge is -2.11. The molecule has 0 aliphatic rings. The summed E-state index contributed by atoms with van der Waals surface area (Å²) in [5.41, 5.74) is 1.66. The van der Waals surface area contributed by atoms with Gasteiger partial charge in [0.25, 0.3) is 0 Å². The number of nitrogens with one attached hydrogen (secondary N) is 1. The molecule has 4 nitrogen and oxygen atoms in total. The molecule has 1 amide bonds. The molecular formula is C15H15ClN2O2. The van der Waals surface area contributed by atoms with Gasteiger partial charge >= 0.3 is 0 Å². The molecule has 0 fully saturated rings. The summed E-state index contributed by atoms with van der Waals surface area (Å²) in [7, 11) is 1.57. The average molecular weight is 291 g/mol. The standard InChI is InChI=1S/C15H15ClN2O2/c1-10-7-13(20-2)11(8-12(10)16)9-15(19)18-14-5-3-4-6-17-14/h3-8H,9H2,1-2H3,(H,17,18,19). The van der Waals surface area contributed by atoms with E-state index < -0.39 is 0 Å². The minimum absolute atomic E-state index is 0.165. The Kier molecular flexibility index (Phi) is 4.58. The zero-order valence-electron chi connectivity index (χ0n) is 11.3. The smallest absolute Gasteiger partial charge is 0.230 e. The molecule has 2 aromatic rings. The number of carbonyl (C=O) groups is 1. The molecular weight excluding hydrogens is 276 g/mol. The highest BCUT2D eigenvalue weighted by Gasteiger charge is 2.11. The first-order valence-corrected chi connectivity index (χ1v) is 6.52. The zero-order valence-corrected chi connectivity index (χ0v) is 12.1. The number of nitrogens with zero attached hydrogens (tertiary/aromatic N) is 1. The molecule has 0 atom stereocenters. The van der Waals surface area contributed by atoms with Crippen LogP contribution >= 0.6 is 11.6 Å². The Labute approximate surface area is 122 Å². The van der Waals surface area contributed by atoms with Crippen molar-refractivity contribution in [2.75, 3.05) is 12.4 Å². The van der Waals surface area contributed by atoms with Crippen LogP contribution in [-0.2, 0) is 11.2 Å². The first-order valence-electron chi connectivity index (χ1n) is 6.14. The first kappa shape index (κ1) is 14.3. The Morgan fingerprint density at radius 3 is 2.85 bits per heavy atom. The number of hydrogen-bond donors (Lipinski definition) is 1. The van der Waals surface area contributed by atoms with Crippen molar-refractivity contribution in [2.45, 2.75) is 13.3 Å². The second kappa shape index (κ2) is 6.39. The number of ether oxygens (including phenoxy) is 1. The van der Waals surface area contributed by atoms with Gasteiger partial charge in [-0.3, -0.25) is 4.79 Å². The Hall–Kier alpha value is -2.07. The summed E-state index contributed by atoms with van der Waals surface area (Å²) < 4.78 is 5.28.